The van der Waals surface area contributed by atoms with Gasteiger partial charge in [-0.2, -0.15) is 10.1 Å². The van der Waals surface area contributed by atoms with Crippen molar-refractivity contribution in [3.63, 3.8) is 0 Å². The maximum atomic E-state index is 15.7. The first-order valence-electron chi connectivity index (χ1n) is 12.8. The van der Waals surface area contributed by atoms with E-state index in [0.29, 0.717) is 24.2 Å². The van der Waals surface area contributed by atoms with Gasteiger partial charge >= 0.3 is 13.6 Å². The normalized spacial score (nSPS) is 28.5. The second-order valence-electron chi connectivity index (χ2n) is 9.79. The molecule has 6 N–H and O–H groups in total. The molecule has 2 aliphatic rings. The molecule has 8 atom stereocenters. The van der Waals surface area contributed by atoms with Crippen molar-refractivity contribution in [2.75, 3.05) is 24.7 Å². The van der Waals surface area contributed by atoms with Gasteiger partial charge in [0.15, 0.2) is 35.0 Å². The van der Waals surface area contributed by atoms with Gasteiger partial charge < -0.3 is 25.8 Å². The van der Waals surface area contributed by atoms with E-state index in [1.54, 1.807) is 6.20 Å². The van der Waals surface area contributed by atoms with Gasteiger partial charge in [0, 0.05) is 0 Å². The minimum absolute atomic E-state index is 0.0969. The summed E-state index contributed by atoms with van der Waals surface area (Å²) in [6.45, 7) is -9.60. The lowest BCUT2D eigenvalue weighted by atomic mass is 10.1. The highest BCUT2D eigenvalue weighted by atomic mass is 32.7. The summed E-state index contributed by atoms with van der Waals surface area (Å²) in [5.41, 5.74) is 11.6. The third kappa shape index (κ3) is 6.37. The molecular formula is C20H25FN10O9P2S2. The van der Waals surface area contributed by atoms with Crippen LogP contribution in [0, 0.1) is 0 Å². The number of anilines is 2. The fourth-order valence-corrected chi connectivity index (χ4v) is 6.96. The Hall–Kier alpha value is -2.65. The van der Waals surface area contributed by atoms with Gasteiger partial charge in [0.25, 0.3) is 5.56 Å². The highest BCUT2D eigenvalue weighted by Gasteiger charge is 2.51. The van der Waals surface area contributed by atoms with Crippen molar-refractivity contribution in [2.45, 2.75) is 49.7 Å². The van der Waals surface area contributed by atoms with Crippen LogP contribution in [0.2, 0.25) is 0 Å². The highest BCUT2D eigenvalue weighted by molar-refractivity contribution is 8.44. The van der Waals surface area contributed by atoms with Crippen molar-refractivity contribution in [3.8, 4) is 0 Å². The predicted octanol–water partition coefficient (Wildman–Crippen LogP) is 1.36. The topological polar surface area (TPSA) is 259 Å². The van der Waals surface area contributed by atoms with Crippen LogP contribution in [0.25, 0.3) is 16.8 Å². The Labute approximate surface area is 256 Å². The number of nitrogens with two attached hydrogens (primary N) is 2. The maximum Gasteiger partial charge on any atom is 0.386 e. The van der Waals surface area contributed by atoms with Crippen molar-refractivity contribution >= 4 is 66.7 Å². The molecule has 4 aromatic heterocycles. The number of ether oxygens (including phenoxy) is 2. The molecule has 0 bridgehead atoms. The third-order valence-electron chi connectivity index (χ3n) is 6.87. The Bertz CT molecular complexity index is 1860. The van der Waals surface area contributed by atoms with Gasteiger partial charge in [-0.1, -0.05) is 24.5 Å². The number of nitrogens with zero attached hydrogens (tertiary/aromatic N) is 7. The first-order chi connectivity index (χ1) is 20.8. The summed E-state index contributed by atoms with van der Waals surface area (Å²) in [5, 5.41) is 4.16. The van der Waals surface area contributed by atoms with Gasteiger partial charge in [-0.05, 0) is 12.8 Å². The average molecular weight is 695 g/mol. The summed E-state index contributed by atoms with van der Waals surface area (Å²) in [5.74, 6) is -0.0530. The lowest BCUT2D eigenvalue weighted by molar-refractivity contribution is -0.0447. The van der Waals surface area contributed by atoms with Crippen molar-refractivity contribution in [1.82, 2.24) is 39.1 Å². The quantitative estimate of drug-likeness (QED) is 0.101. The first-order valence-corrected chi connectivity index (χ1v) is 18.2. The van der Waals surface area contributed by atoms with Gasteiger partial charge in [-0.3, -0.25) is 27.9 Å². The summed E-state index contributed by atoms with van der Waals surface area (Å²) in [7, 11) is 0. The molecule has 0 aromatic carbocycles. The number of hydrogen-bond donors (Lipinski definition) is 6. The number of nitrogens with one attached hydrogen (secondary N) is 1. The molecule has 0 aliphatic carbocycles. The molecule has 0 radical (unpaired) electrons. The summed E-state index contributed by atoms with van der Waals surface area (Å²) in [4.78, 5) is 40.1. The second-order valence-corrected chi connectivity index (χ2v) is 15.4. The zero-order valence-corrected chi connectivity index (χ0v) is 25.8. The molecule has 2 saturated heterocycles. The van der Waals surface area contributed by atoms with Crippen LogP contribution in [0.3, 0.4) is 0 Å². The monoisotopic (exact) mass is 694 g/mol. The van der Waals surface area contributed by atoms with Crippen molar-refractivity contribution in [2.24, 2.45) is 0 Å². The zero-order chi connectivity index (χ0) is 31.4. The van der Waals surface area contributed by atoms with Crippen LogP contribution < -0.4 is 17.0 Å². The number of aromatic amines is 1. The molecule has 4 aromatic rings. The van der Waals surface area contributed by atoms with Crippen LogP contribution in [-0.4, -0.2) is 81.7 Å². The number of halogens is 1. The van der Waals surface area contributed by atoms with Gasteiger partial charge in [0.2, 0.25) is 5.95 Å². The summed E-state index contributed by atoms with van der Waals surface area (Å²) < 4.78 is 70.8. The molecule has 6 rings (SSSR count). The summed E-state index contributed by atoms with van der Waals surface area (Å²) >= 11 is 7.45. The molecule has 44 heavy (non-hydrogen) atoms. The van der Waals surface area contributed by atoms with Crippen LogP contribution in [0.4, 0.5) is 16.2 Å². The molecule has 2 aliphatic heterocycles. The second kappa shape index (κ2) is 11.9. The molecule has 0 amide bonds. The van der Waals surface area contributed by atoms with Crippen LogP contribution in [0.5, 0.6) is 0 Å². The van der Waals surface area contributed by atoms with Crippen LogP contribution in [-0.2, 0) is 32.2 Å². The van der Waals surface area contributed by atoms with Crippen LogP contribution >= 0.6 is 38.1 Å². The van der Waals surface area contributed by atoms with E-state index in [0.717, 1.165) is 10.9 Å². The lowest BCUT2D eigenvalue weighted by Gasteiger charge is -2.24. The Morgan fingerprint density at radius 2 is 1.93 bits per heavy atom. The molecule has 0 spiro atoms. The van der Waals surface area contributed by atoms with E-state index in [-0.39, 0.29) is 29.5 Å². The smallest absolute Gasteiger partial charge is 0.381 e. The van der Waals surface area contributed by atoms with Crippen LogP contribution in [0.1, 0.15) is 30.9 Å². The minimum Gasteiger partial charge on any atom is -0.381 e. The lowest BCUT2D eigenvalue weighted by Crippen LogP contribution is -2.32. The van der Waals surface area contributed by atoms with E-state index in [1.807, 2.05) is 0 Å². The Morgan fingerprint density at radius 3 is 2.70 bits per heavy atom. The number of hydrogen-bond acceptors (Lipinski definition) is 15. The molecule has 2 fully saturated rings. The number of H-pyrrole nitrogens is 1. The number of imidazole rings is 2. The van der Waals surface area contributed by atoms with E-state index >= 15 is 4.39 Å². The number of aromatic nitrogens is 8. The molecular weight excluding hydrogens is 669 g/mol. The van der Waals surface area contributed by atoms with Crippen molar-refractivity contribution < 1.29 is 41.5 Å². The summed E-state index contributed by atoms with van der Waals surface area (Å²) in [6.07, 6.45) is -2.71. The zero-order valence-electron chi connectivity index (χ0n) is 22.2. The van der Waals surface area contributed by atoms with Crippen molar-refractivity contribution in [3.05, 3.63) is 34.9 Å². The Morgan fingerprint density at radius 1 is 1.14 bits per heavy atom. The molecule has 24 heteroatoms. The van der Waals surface area contributed by atoms with E-state index < -0.39 is 62.6 Å². The van der Waals surface area contributed by atoms with E-state index in [1.165, 1.54) is 10.8 Å². The fourth-order valence-electron chi connectivity index (χ4n) is 4.94. The SMILES string of the molecule is Nc1nc2c(ncn2[C@@H]2O[C@H](COP(=O)(O)S)[C@@H](F)C2OP(=O)(S)OC[C@@H]2CC[C@H](c3cnc4c(N)ncnn34)O2)c(=O)[nH]1. The van der Waals surface area contributed by atoms with Gasteiger partial charge in [0.1, 0.15) is 24.6 Å². The minimum atomic E-state index is -4.32. The molecule has 238 valence electrons. The van der Waals surface area contributed by atoms with Gasteiger partial charge in [-0.15, -0.1) is 0 Å². The standard InChI is InChI=1S/C20H25FN10O9P2S2/c21-12-11(5-36-41(33,34)43)39-19(30-7-26-13-16(30)28-20(23)29-18(13)32)14(12)40-42(35,44)37-4-8-1-2-10(38-8)9-3-24-17-15(22)25-6-27-31(9)17/h3,6-8,10-12,14,19H,1-2,4-5H2,(H,35,44)(H2,22,25,27)(H2,33,34,43)(H3,23,28,29,32)/t8-,10+,11+,12+,14?,19+,42?/m0/s1. The van der Waals surface area contributed by atoms with Crippen molar-refractivity contribution in [1.29, 1.82) is 0 Å². The molecule has 3 unspecified atom stereocenters. The number of alkyl halides is 1. The van der Waals surface area contributed by atoms with Crippen LogP contribution in [0.15, 0.2) is 23.6 Å². The Balaban J connectivity index is 1.17. The summed E-state index contributed by atoms with van der Waals surface area (Å²) in [6, 6.07) is 0. The van der Waals surface area contributed by atoms with Gasteiger partial charge in [-0.25, -0.2) is 33.0 Å². The first kappa shape index (κ1) is 31.3. The van der Waals surface area contributed by atoms with E-state index in [2.05, 4.69) is 54.5 Å². The highest BCUT2D eigenvalue weighted by Crippen LogP contribution is 2.57. The molecule has 6 heterocycles. The maximum absolute atomic E-state index is 15.7. The largest absolute Gasteiger partial charge is 0.386 e. The third-order valence-corrected chi connectivity index (χ3v) is 9.32. The molecule has 0 saturated carbocycles. The van der Waals surface area contributed by atoms with E-state index in [9.17, 15) is 18.8 Å². The Kier molecular flexibility index (Phi) is 8.50. The fraction of sp³-hybridized carbons (Fsp3) is 0.500. The van der Waals surface area contributed by atoms with E-state index in [4.69, 9.17) is 34.5 Å². The predicted molar refractivity (Wildman–Crippen MR) is 156 cm³/mol. The average Bonchev–Trinajstić information content (AvgIpc) is 3.73. The number of rotatable bonds is 10. The number of thiol groups is 2. The number of fused-ring (bicyclic) bond motifs is 2. The van der Waals surface area contributed by atoms with Gasteiger partial charge in [0.05, 0.1) is 37.5 Å². The number of nitrogen functional groups attached to an aromatic ring is 2. The molecule has 19 nitrogen and oxygen atoms in total.